The second-order valence-corrected chi connectivity index (χ2v) is 5.31. The van der Waals surface area contributed by atoms with Crippen molar-refractivity contribution in [2.45, 2.75) is 13.1 Å². The first-order chi connectivity index (χ1) is 11.3. The van der Waals surface area contributed by atoms with E-state index in [0.29, 0.717) is 24.9 Å². The summed E-state index contributed by atoms with van der Waals surface area (Å²) in [5, 5.41) is 14.5. The fraction of sp³-hybridized carbons (Fsp3) is 0.118. The number of benzene rings is 2. The maximum absolute atomic E-state index is 6.05. The molecule has 3 rings (SSSR count). The Morgan fingerprint density at radius 3 is 1.91 bits per heavy atom. The number of hydrogen-bond donors (Lipinski definition) is 2. The quantitative estimate of drug-likeness (QED) is 0.722. The summed E-state index contributed by atoms with van der Waals surface area (Å²) in [6.45, 7) is 1.25. The van der Waals surface area contributed by atoms with Gasteiger partial charge in [0.15, 0.2) is 11.0 Å². The lowest BCUT2D eigenvalue weighted by atomic mass is 10.2. The predicted molar refractivity (Wildman–Crippen MR) is 92.4 cm³/mol. The van der Waals surface area contributed by atoms with Crippen LogP contribution in [0.15, 0.2) is 60.7 Å². The van der Waals surface area contributed by atoms with E-state index < -0.39 is 0 Å². The molecule has 0 bridgehead atoms. The number of anilines is 2. The van der Waals surface area contributed by atoms with E-state index in [-0.39, 0.29) is 5.15 Å². The summed E-state index contributed by atoms with van der Waals surface area (Å²) in [4.78, 5) is 4.37. The van der Waals surface area contributed by atoms with Gasteiger partial charge in [-0.25, -0.2) is 0 Å². The third-order valence-electron chi connectivity index (χ3n) is 3.24. The largest absolute Gasteiger partial charge is 0.363 e. The van der Waals surface area contributed by atoms with Gasteiger partial charge in [-0.05, 0) is 11.1 Å². The standard InChI is InChI=1S/C17H16ClN5/c18-15-16(19-11-13-7-3-1-4-8-13)21-17(23-22-15)20-12-14-9-5-2-6-10-14/h1-10H,11-12H2,(H2,19,20,21,23). The number of rotatable bonds is 6. The van der Waals surface area contributed by atoms with Gasteiger partial charge in [-0.3, -0.25) is 0 Å². The fourth-order valence-corrected chi connectivity index (χ4v) is 2.21. The van der Waals surface area contributed by atoms with Gasteiger partial charge in [0.05, 0.1) is 0 Å². The van der Waals surface area contributed by atoms with Gasteiger partial charge >= 0.3 is 0 Å². The van der Waals surface area contributed by atoms with E-state index in [1.807, 2.05) is 60.7 Å². The van der Waals surface area contributed by atoms with E-state index in [1.54, 1.807) is 0 Å². The van der Waals surface area contributed by atoms with Crippen LogP contribution in [-0.4, -0.2) is 15.2 Å². The SMILES string of the molecule is Clc1nnc(NCc2ccccc2)nc1NCc1ccccc1. The molecule has 23 heavy (non-hydrogen) atoms. The average molecular weight is 326 g/mol. The molecule has 1 heterocycles. The summed E-state index contributed by atoms with van der Waals surface area (Å²) in [5.74, 6) is 0.954. The maximum Gasteiger partial charge on any atom is 0.245 e. The highest BCUT2D eigenvalue weighted by molar-refractivity contribution is 6.31. The minimum Gasteiger partial charge on any atom is -0.363 e. The second-order valence-electron chi connectivity index (χ2n) is 4.95. The molecule has 0 saturated carbocycles. The van der Waals surface area contributed by atoms with Crippen molar-refractivity contribution in [1.29, 1.82) is 0 Å². The zero-order valence-corrected chi connectivity index (χ0v) is 13.2. The molecule has 0 unspecified atom stereocenters. The molecule has 3 aromatic rings. The van der Waals surface area contributed by atoms with Crippen LogP contribution in [0.5, 0.6) is 0 Å². The van der Waals surface area contributed by atoms with Gasteiger partial charge in [0.25, 0.3) is 0 Å². The topological polar surface area (TPSA) is 62.7 Å². The Bertz CT molecular complexity index is 749. The number of hydrogen-bond acceptors (Lipinski definition) is 5. The van der Waals surface area contributed by atoms with E-state index in [0.717, 1.165) is 11.1 Å². The Balaban J connectivity index is 1.64. The first-order valence-electron chi connectivity index (χ1n) is 7.27. The monoisotopic (exact) mass is 325 g/mol. The summed E-state index contributed by atoms with van der Waals surface area (Å²) >= 11 is 6.05. The molecule has 0 atom stereocenters. The van der Waals surface area contributed by atoms with Crippen molar-refractivity contribution in [3.8, 4) is 0 Å². The molecule has 0 aliphatic heterocycles. The minimum absolute atomic E-state index is 0.256. The van der Waals surface area contributed by atoms with E-state index in [9.17, 15) is 0 Å². The summed E-state index contributed by atoms with van der Waals surface area (Å²) in [6.07, 6.45) is 0. The summed E-state index contributed by atoms with van der Waals surface area (Å²) in [5.41, 5.74) is 2.28. The van der Waals surface area contributed by atoms with Crippen LogP contribution in [0.1, 0.15) is 11.1 Å². The van der Waals surface area contributed by atoms with Crippen LogP contribution in [-0.2, 0) is 13.1 Å². The predicted octanol–water partition coefficient (Wildman–Crippen LogP) is 3.75. The Morgan fingerprint density at radius 1 is 0.739 bits per heavy atom. The van der Waals surface area contributed by atoms with Crippen molar-refractivity contribution in [2.75, 3.05) is 10.6 Å². The highest BCUT2D eigenvalue weighted by Crippen LogP contribution is 2.17. The van der Waals surface area contributed by atoms with Crippen LogP contribution in [0, 0.1) is 0 Å². The zero-order valence-electron chi connectivity index (χ0n) is 12.4. The molecule has 1 aromatic heterocycles. The van der Waals surface area contributed by atoms with Gasteiger partial charge in [0.1, 0.15) is 0 Å². The van der Waals surface area contributed by atoms with Gasteiger partial charge < -0.3 is 10.6 Å². The van der Waals surface area contributed by atoms with Crippen molar-refractivity contribution in [3.05, 3.63) is 76.9 Å². The lowest BCUT2D eigenvalue weighted by Gasteiger charge is -2.09. The van der Waals surface area contributed by atoms with Crippen LogP contribution < -0.4 is 10.6 Å². The third-order valence-corrected chi connectivity index (χ3v) is 3.50. The molecule has 0 aliphatic carbocycles. The van der Waals surface area contributed by atoms with Gasteiger partial charge in [0.2, 0.25) is 5.95 Å². The van der Waals surface area contributed by atoms with Crippen LogP contribution in [0.2, 0.25) is 5.15 Å². The van der Waals surface area contributed by atoms with Crippen LogP contribution in [0.4, 0.5) is 11.8 Å². The van der Waals surface area contributed by atoms with E-state index in [1.165, 1.54) is 0 Å². The van der Waals surface area contributed by atoms with Crippen molar-refractivity contribution >= 4 is 23.4 Å². The number of aromatic nitrogens is 3. The van der Waals surface area contributed by atoms with Crippen molar-refractivity contribution < 1.29 is 0 Å². The molecule has 0 fully saturated rings. The Morgan fingerprint density at radius 2 is 1.30 bits per heavy atom. The molecular formula is C17H16ClN5. The van der Waals surface area contributed by atoms with Gasteiger partial charge in [-0.15, -0.1) is 10.2 Å². The minimum atomic E-state index is 0.256. The van der Waals surface area contributed by atoms with Crippen molar-refractivity contribution in [2.24, 2.45) is 0 Å². The third kappa shape index (κ3) is 4.40. The fourth-order valence-electron chi connectivity index (χ4n) is 2.06. The highest BCUT2D eigenvalue weighted by atomic mass is 35.5. The number of halogens is 1. The van der Waals surface area contributed by atoms with Crippen molar-refractivity contribution in [1.82, 2.24) is 15.2 Å². The van der Waals surface area contributed by atoms with Crippen LogP contribution in [0.25, 0.3) is 0 Å². The molecule has 2 aromatic carbocycles. The molecule has 6 heteroatoms. The summed E-state index contributed by atoms with van der Waals surface area (Å²) < 4.78 is 0. The lowest BCUT2D eigenvalue weighted by molar-refractivity contribution is 0.938. The van der Waals surface area contributed by atoms with E-state index in [4.69, 9.17) is 11.6 Å². The average Bonchev–Trinajstić information content (AvgIpc) is 2.62. The van der Waals surface area contributed by atoms with Crippen LogP contribution >= 0.6 is 11.6 Å². The highest BCUT2D eigenvalue weighted by Gasteiger charge is 2.07. The maximum atomic E-state index is 6.05. The number of nitrogens with zero attached hydrogens (tertiary/aromatic N) is 3. The Hall–Kier alpha value is -2.66. The molecule has 0 spiro atoms. The molecule has 0 saturated heterocycles. The molecule has 0 radical (unpaired) electrons. The number of nitrogens with one attached hydrogen (secondary N) is 2. The molecule has 116 valence electrons. The molecule has 5 nitrogen and oxygen atoms in total. The summed E-state index contributed by atoms with van der Waals surface area (Å²) in [6, 6.07) is 20.1. The molecule has 0 amide bonds. The van der Waals surface area contributed by atoms with Gasteiger partial charge in [-0.1, -0.05) is 72.3 Å². The summed E-state index contributed by atoms with van der Waals surface area (Å²) in [7, 11) is 0. The Labute approximate surface area is 139 Å². The van der Waals surface area contributed by atoms with Crippen molar-refractivity contribution in [3.63, 3.8) is 0 Å². The zero-order chi connectivity index (χ0) is 15.9. The molecular weight excluding hydrogens is 310 g/mol. The first-order valence-corrected chi connectivity index (χ1v) is 7.65. The van der Waals surface area contributed by atoms with Gasteiger partial charge in [-0.2, -0.15) is 4.98 Å². The first kappa shape index (κ1) is 15.2. The van der Waals surface area contributed by atoms with E-state index >= 15 is 0 Å². The lowest BCUT2D eigenvalue weighted by Crippen LogP contribution is -2.09. The van der Waals surface area contributed by atoms with Gasteiger partial charge in [0, 0.05) is 13.1 Å². The van der Waals surface area contributed by atoms with E-state index in [2.05, 4.69) is 25.8 Å². The Kier molecular flexibility index (Phi) is 5.01. The normalized spacial score (nSPS) is 10.3. The smallest absolute Gasteiger partial charge is 0.245 e. The molecule has 2 N–H and O–H groups in total. The van der Waals surface area contributed by atoms with Crippen LogP contribution in [0.3, 0.4) is 0 Å². The molecule has 0 aliphatic rings. The second kappa shape index (κ2) is 7.56.